The molecular weight excluding hydrogens is 402 g/mol. The zero-order chi connectivity index (χ0) is 23.1. The van der Waals surface area contributed by atoms with E-state index in [0.717, 1.165) is 17.1 Å². The van der Waals surface area contributed by atoms with E-state index in [-0.39, 0.29) is 11.8 Å². The average Bonchev–Trinajstić information content (AvgIpc) is 3.23. The number of nitriles is 1. The molecule has 2 aromatic rings. The fourth-order valence-corrected chi connectivity index (χ4v) is 3.18. The van der Waals surface area contributed by atoms with Crippen molar-refractivity contribution >= 4 is 11.4 Å². The van der Waals surface area contributed by atoms with Gasteiger partial charge in [0.1, 0.15) is 17.5 Å². The smallest absolute Gasteiger partial charge is 0.212 e. The highest BCUT2D eigenvalue weighted by atomic mass is 16.5. The molecule has 0 fully saturated rings. The van der Waals surface area contributed by atoms with Crippen LogP contribution >= 0.6 is 0 Å². The van der Waals surface area contributed by atoms with E-state index in [9.17, 15) is 5.26 Å². The first-order chi connectivity index (χ1) is 15.5. The molecule has 0 radical (unpaired) electrons. The van der Waals surface area contributed by atoms with Gasteiger partial charge < -0.3 is 15.0 Å². The van der Waals surface area contributed by atoms with Crippen molar-refractivity contribution in [3.8, 4) is 11.8 Å². The Labute approximate surface area is 187 Å². The second-order valence-electron chi connectivity index (χ2n) is 6.95. The summed E-state index contributed by atoms with van der Waals surface area (Å²) in [6.45, 7) is 9.37. The highest BCUT2D eigenvalue weighted by Crippen LogP contribution is 2.32. The quantitative estimate of drug-likeness (QED) is 0.513. The number of allylic oxidation sites excluding steroid dienone is 4. The number of aryl methyl sites for hydroxylation is 1. The van der Waals surface area contributed by atoms with Crippen LogP contribution in [-0.4, -0.2) is 21.0 Å². The molecule has 0 bridgehead atoms. The summed E-state index contributed by atoms with van der Waals surface area (Å²) in [7, 11) is 0. The Hall–Kier alpha value is -4.38. The van der Waals surface area contributed by atoms with Gasteiger partial charge in [0.25, 0.3) is 0 Å². The molecule has 1 aromatic heterocycles. The van der Waals surface area contributed by atoms with Gasteiger partial charge in [-0.05, 0) is 50.6 Å². The number of aliphatic imine (C=N–C) groups is 1. The number of nitrogens with two attached hydrogens (primary N) is 1. The first-order valence-electron chi connectivity index (χ1n) is 10.00. The number of nitrogens with one attached hydrogen (secondary N) is 1. The molecule has 2 heterocycles. The fraction of sp³-hybridized carbons (Fsp3) is 0.167. The van der Waals surface area contributed by atoms with Crippen LogP contribution in [0.3, 0.4) is 0 Å². The van der Waals surface area contributed by atoms with Crippen molar-refractivity contribution in [3.05, 3.63) is 96.4 Å². The highest BCUT2D eigenvalue weighted by molar-refractivity contribution is 6.45. The maximum absolute atomic E-state index is 9.64. The largest absolute Gasteiger partial charge is 0.423 e. The molecule has 3 N–H and O–H groups in total. The van der Waals surface area contributed by atoms with Crippen molar-refractivity contribution < 1.29 is 4.74 Å². The number of benzene rings is 1. The summed E-state index contributed by atoms with van der Waals surface area (Å²) in [5.41, 5.74) is 12.4. The molecule has 3 rings (SSSR count). The van der Waals surface area contributed by atoms with Crippen molar-refractivity contribution in [1.29, 1.82) is 5.26 Å². The Kier molecular flexibility index (Phi) is 7.03. The standard InChI is InChI=1S/C24H25N7O/c1-5-11-28-22(6-2)16(3)29-30-23-14-20(21(15-25)24(26)32-23)18-7-9-19(10-8-18)31-13-12-27-17(31)4/h5-14,20,30H,2,26H2,1,3-4H3/b11-5-,28-22-,29-16+. The number of rotatable bonds is 7. The number of ether oxygens (including phenoxy) is 1. The molecule has 1 aliphatic heterocycles. The molecule has 0 saturated heterocycles. The first-order valence-corrected chi connectivity index (χ1v) is 10.00. The summed E-state index contributed by atoms with van der Waals surface area (Å²) in [6.07, 6.45) is 10.5. The number of hydrazone groups is 1. The van der Waals surface area contributed by atoms with E-state index >= 15 is 0 Å². The summed E-state index contributed by atoms with van der Waals surface area (Å²) < 4.78 is 7.55. The Balaban J connectivity index is 1.88. The number of aromatic nitrogens is 2. The molecule has 1 atom stereocenters. The summed E-state index contributed by atoms with van der Waals surface area (Å²) in [5.74, 6) is 0.883. The van der Waals surface area contributed by atoms with Gasteiger partial charge in [-0.3, -0.25) is 4.99 Å². The van der Waals surface area contributed by atoms with Crippen LogP contribution in [0.15, 0.2) is 95.1 Å². The van der Waals surface area contributed by atoms with Crippen molar-refractivity contribution in [2.24, 2.45) is 15.8 Å². The summed E-state index contributed by atoms with van der Waals surface area (Å²) in [4.78, 5) is 8.52. The molecule has 1 aliphatic rings. The molecule has 0 aliphatic carbocycles. The van der Waals surface area contributed by atoms with Crippen molar-refractivity contribution in [2.75, 3.05) is 0 Å². The highest BCUT2D eigenvalue weighted by Gasteiger charge is 2.25. The van der Waals surface area contributed by atoms with Crippen LogP contribution in [0.25, 0.3) is 5.69 Å². The predicted octanol–water partition coefficient (Wildman–Crippen LogP) is 3.96. The maximum atomic E-state index is 9.64. The van der Waals surface area contributed by atoms with Crippen LogP contribution in [0.5, 0.6) is 0 Å². The summed E-state index contributed by atoms with van der Waals surface area (Å²) in [6, 6.07) is 10.0. The molecule has 0 saturated carbocycles. The first kappa shape index (κ1) is 22.3. The van der Waals surface area contributed by atoms with Gasteiger partial charge in [0, 0.05) is 30.2 Å². The van der Waals surface area contributed by atoms with Crippen molar-refractivity contribution in [3.63, 3.8) is 0 Å². The second kappa shape index (κ2) is 10.1. The van der Waals surface area contributed by atoms with Crippen molar-refractivity contribution in [2.45, 2.75) is 26.7 Å². The fourth-order valence-electron chi connectivity index (χ4n) is 3.18. The van der Waals surface area contributed by atoms with Crippen LogP contribution in [0.1, 0.15) is 31.2 Å². The van der Waals surface area contributed by atoms with Gasteiger partial charge in [-0.25, -0.2) is 10.4 Å². The molecule has 32 heavy (non-hydrogen) atoms. The Morgan fingerprint density at radius 2 is 2.12 bits per heavy atom. The van der Waals surface area contributed by atoms with E-state index in [0.29, 0.717) is 22.9 Å². The van der Waals surface area contributed by atoms with E-state index < -0.39 is 0 Å². The van der Waals surface area contributed by atoms with E-state index in [1.54, 1.807) is 31.5 Å². The summed E-state index contributed by atoms with van der Waals surface area (Å²) in [5, 5.41) is 13.9. The topological polar surface area (TPSA) is 114 Å². The van der Waals surface area contributed by atoms with Crippen LogP contribution in [-0.2, 0) is 4.74 Å². The zero-order valence-corrected chi connectivity index (χ0v) is 18.3. The molecule has 1 aromatic carbocycles. The van der Waals surface area contributed by atoms with Gasteiger partial charge in [-0.1, -0.05) is 24.8 Å². The third-order valence-corrected chi connectivity index (χ3v) is 4.85. The molecular formula is C24H25N7O. The molecule has 162 valence electrons. The summed E-state index contributed by atoms with van der Waals surface area (Å²) >= 11 is 0. The third kappa shape index (κ3) is 4.84. The number of nitrogens with zero attached hydrogens (tertiary/aromatic N) is 5. The van der Waals surface area contributed by atoms with Crippen LogP contribution in [0.2, 0.25) is 0 Å². The van der Waals surface area contributed by atoms with Gasteiger partial charge in [-0.15, -0.1) is 0 Å². The average molecular weight is 428 g/mol. The van der Waals surface area contributed by atoms with Gasteiger partial charge in [0.2, 0.25) is 11.8 Å². The number of hydrogen-bond acceptors (Lipinski definition) is 7. The van der Waals surface area contributed by atoms with Crippen LogP contribution in [0.4, 0.5) is 0 Å². The van der Waals surface area contributed by atoms with Crippen LogP contribution < -0.4 is 11.2 Å². The number of imidazole rings is 1. The Morgan fingerprint density at radius 1 is 1.38 bits per heavy atom. The zero-order valence-electron chi connectivity index (χ0n) is 18.3. The van der Waals surface area contributed by atoms with E-state index in [2.05, 4.69) is 33.2 Å². The normalized spacial score (nSPS) is 17.1. The van der Waals surface area contributed by atoms with Gasteiger partial charge in [0.05, 0.1) is 11.4 Å². The lowest BCUT2D eigenvalue weighted by molar-refractivity contribution is 0.257. The monoisotopic (exact) mass is 427 g/mol. The maximum Gasteiger partial charge on any atom is 0.212 e. The predicted molar refractivity (Wildman–Crippen MR) is 126 cm³/mol. The van der Waals surface area contributed by atoms with Gasteiger partial charge in [0.15, 0.2) is 0 Å². The van der Waals surface area contributed by atoms with E-state index in [4.69, 9.17) is 10.5 Å². The third-order valence-electron chi connectivity index (χ3n) is 4.85. The lowest BCUT2D eigenvalue weighted by Crippen LogP contribution is -2.23. The minimum Gasteiger partial charge on any atom is -0.423 e. The molecule has 0 amide bonds. The molecule has 0 spiro atoms. The minimum absolute atomic E-state index is 0.0383. The molecule has 1 unspecified atom stereocenters. The number of hydrogen-bond donors (Lipinski definition) is 2. The lowest BCUT2D eigenvalue weighted by atomic mass is 9.90. The van der Waals surface area contributed by atoms with Crippen molar-refractivity contribution in [1.82, 2.24) is 15.0 Å². The van der Waals surface area contributed by atoms with Gasteiger partial charge in [-0.2, -0.15) is 10.4 Å². The van der Waals surface area contributed by atoms with E-state index in [1.807, 2.05) is 55.0 Å². The lowest BCUT2D eigenvalue weighted by Gasteiger charge is -2.22. The Bertz CT molecular complexity index is 1190. The Morgan fingerprint density at radius 3 is 2.72 bits per heavy atom. The SMILES string of the molecule is C=CC(=N/C=C\C)/C(C)=N/NC1=CC(c2ccc(-n3ccnc3C)cc2)C(C#N)=C(N)O1. The molecule has 8 nitrogen and oxygen atoms in total. The van der Waals surface area contributed by atoms with E-state index in [1.165, 1.54) is 0 Å². The van der Waals surface area contributed by atoms with Gasteiger partial charge >= 0.3 is 0 Å². The minimum atomic E-state index is -0.375. The molecule has 8 heteroatoms. The van der Waals surface area contributed by atoms with Crippen LogP contribution in [0, 0.1) is 18.3 Å². The second-order valence-corrected chi connectivity index (χ2v) is 6.95.